The van der Waals surface area contributed by atoms with Crippen LogP contribution in [-0.2, 0) is 9.59 Å². The normalized spacial score (nSPS) is 30.4. The Balaban J connectivity index is 2.80. The second-order valence-electron chi connectivity index (χ2n) is 5.96. The van der Waals surface area contributed by atoms with Crippen molar-refractivity contribution in [3.63, 3.8) is 0 Å². The van der Waals surface area contributed by atoms with E-state index in [2.05, 4.69) is 12.2 Å². The van der Waals surface area contributed by atoms with E-state index in [0.717, 1.165) is 19.3 Å². The van der Waals surface area contributed by atoms with Crippen LogP contribution in [0.3, 0.4) is 0 Å². The third kappa shape index (κ3) is 3.47. The van der Waals surface area contributed by atoms with Gasteiger partial charge < -0.3 is 16.2 Å². The van der Waals surface area contributed by atoms with Crippen LogP contribution in [0, 0.1) is 5.92 Å². The van der Waals surface area contributed by atoms with Crippen LogP contribution in [-0.4, -0.2) is 28.1 Å². The molecule has 1 amide bonds. The first kappa shape index (κ1) is 16.0. The molecule has 1 atom stereocenters. The van der Waals surface area contributed by atoms with E-state index >= 15 is 0 Å². The van der Waals surface area contributed by atoms with Crippen molar-refractivity contribution in [1.82, 2.24) is 5.32 Å². The van der Waals surface area contributed by atoms with E-state index in [1.54, 1.807) is 6.92 Å². The quantitative estimate of drug-likeness (QED) is 0.708. The van der Waals surface area contributed by atoms with Crippen molar-refractivity contribution in [1.29, 1.82) is 0 Å². The zero-order chi connectivity index (χ0) is 14.7. The van der Waals surface area contributed by atoms with Gasteiger partial charge in [-0.25, -0.2) is 4.79 Å². The first-order valence-electron chi connectivity index (χ1n) is 7.12. The number of aliphatic carboxylic acids is 1. The maximum Gasteiger partial charge on any atom is 0.329 e. The van der Waals surface area contributed by atoms with Gasteiger partial charge >= 0.3 is 5.97 Å². The number of hydrogen-bond acceptors (Lipinski definition) is 3. The minimum absolute atomic E-state index is 0.368. The lowest BCUT2D eigenvalue weighted by atomic mass is 9.75. The highest BCUT2D eigenvalue weighted by Gasteiger charge is 2.44. The highest BCUT2D eigenvalue weighted by Crippen LogP contribution is 2.34. The van der Waals surface area contributed by atoms with Gasteiger partial charge in [0.25, 0.3) is 0 Å². The van der Waals surface area contributed by atoms with E-state index in [1.165, 1.54) is 0 Å². The van der Waals surface area contributed by atoms with Gasteiger partial charge in [-0.05, 0) is 44.9 Å². The van der Waals surface area contributed by atoms with Crippen LogP contribution >= 0.6 is 0 Å². The fourth-order valence-electron chi connectivity index (χ4n) is 2.49. The Morgan fingerprint density at radius 2 is 1.89 bits per heavy atom. The van der Waals surface area contributed by atoms with Crippen LogP contribution in [0.4, 0.5) is 0 Å². The highest BCUT2D eigenvalue weighted by molar-refractivity contribution is 5.91. The Kier molecular flexibility index (Phi) is 4.96. The van der Waals surface area contributed by atoms with E-state index in [9.17, 15) is 14.7 Å². The van der Waals surface area contributed by atoms with Crippen LogP contribution in [0.5, 0.6) is 0 Å². The Morgan fingerprint density at radius 3 is 2.26 bits per heavy atom. The van der Waals surface area contributed by atoms with Gasteiger partial charge in [0.2, 0.25) is 5.91 Å². The van der Waals surface area contributed by atoms with Gasteiger partial charge in [0.15, 0.2) is 0 Å². The molecule has 0 heterocycles. The van der Waals surface area contributed by atoms with Gasteiger partial charge in [-0.1, -0.05) is 20.3 Å². The van der Waals surface area contributed by atoms with Crippen molar-refractivity contribution in [2.24, 2.45) is 11.7 Å². The van der Waals surface area contributed by atoms with Crippen molar-refractivity contribution in [3.05, 3.63) is 0 Å². The molecule has 1 aliphatic carbocycles. The lowest BCUT2D eigenvalue weighted by Gasteiger charge is -2.39. The van der Waals surface area contributed by atoms with Crippen molar-refractivity contribution < 1.29 is 14.7 Å². The number of hydrogen-bond donors (Lipinski definition) is 3. The van der Waals surface area contributed by atoms with Crippen molar-refractivity contribution in [2.75, 3.05) is 0 Å². The number of nitrogens with one attached hydrogen (secondary N) is 1. The molecule has 5 nitrogen and oxygen atoms in total. The molecular weight excluding hydrogens is 244 g/mol. The fraction of sp³-hybridized carbons (Fsp3) is 0.857. The summed E-state index contributed by atoms with van der Waals surface area (Å²) < 4.78 is 0. The van der Waals surface area contributed by atoms with E-state index in [-0.39, 0.29) is 5.91 Å². The summed E-state index contributed by atoms with van der Waals surface area (Å²) in [5, 5.41) is 12.2. The second kappa shape index (κ2) is 5.90. The van der Waals surface area contributed by atoms with E-state index in [4.69, 9.17) is 5.73 Å². The molecule has 0 aliphatic heterocycles. The molecule has 0 spiro atoms. The molecule has 5 heteroatoms. The summed E-state index contributed by atoms with van der Waals surface area (Å²) in [6, 6.07) is 0. The van der Waals surface area contributed by atoms with Crippen molar-refractivity contribution in [2.45, 2.75) is 70.4 Å². The van der Waals surface area contributed by atoms with Crippen LogP contribution in [0.25, 0.3) is 0 Å². The van der Waals surface area contributed by atoms with Gasteiger partial charge in [-0.15, -0.1) is 0 Å². The number of amides is 1. The minimum Gasteiger partial charge on any atom is -0.480 e. The third-order valence-corrected chi connectivity index (χ3v) is 4.55. The average Bonchev–Trinajstić information content (AvgIpc) is 2.39. The van der Waals surface area contributed by atoms with Gasteiger partial charge in [0, 0.05) is 0 Å². The Labute approximate surface area is 114 Å². The monoisotopic (exact) mass is 270 g/mol. The van der Waals surface area contributed by atoms with Crippen molar-refractivity contribution >= 4 is 11.9 Å². The highest BCUT2D eigenvalue weighted by atomic mass is 16.4. The fourth-order valence-corrected chi connectivity index (χ4v) is 2.49. The molecule has 0 radical (unpaired) electrons. The first-order valence-corrected chi connectivity index (χ1v) is 7.12. The molecule has 1 rings (SSSR count). The number of carbonyl (C=O) groups excluding carboxylic acids is 1. The Hall–Kier alpha value is -1.10. The summed E-state index contributed by atoms with van der Waals surface area (Å²) >= 11 is 0. The van der Waals surface area contributed by atoms with E-state index < -0.39 is 17.0 Å². The van der Waals surface area contributed by atoms with Gasteiger partial charge in [0.1, 0.15) is 5.54 Å². The predicted octanol–water partition coefficient (Wildman–Crippen LogP) is 1.65. The summed E-state index contributed by atoms with van der Waals surface area (Å²) in [6.07, 6.45) is 4.21. The summed E-state index contributed by atoms with van der Waals surface area (Å²) in [5.74, 6) is -0.741. The molecule has 0 aromatic rings. The average molecular weight is 270 g/mol. The Morgan fingerprint density at radius 1 is 1.37 bits per heavy atom. The smallest absolute Gasteiger partial charge is 0.329 e. The number of rotatable bonds is 5. The van der Waals surface area contributed by atoms with Gasteiger partial charge in [-0.2, -0.15) is 0 Å². The maximum atomic E-state index is 12.1. The molecule has 19 heavy (non-hydrogen) atoms. The van der Waals surface area contributed by atoms with Crippen LogP contribution < -0.4 is 11.1 Å². The summed E-state index contributed by atoms with van der Waals surface area (Å²) in [5.41, 5.74) is 3.75. The van der Waals surface area contributed by atoms with E-state index in [1.807, 2.05) is 6.92 Å². The van der Waals surface area contributed by atoms with Crippen molar-refractivity contribution in [3.8, 4) is 0 Å². The van der Waals surface area contributed by atoms with Crippen LogP contribution in [0.2, 0.25) is 0 Å². The molecular formula is C14H26N2O3. The first-order chi connectivity index (χ1) is 8.77. The SMILES string of the molecule is CCC1CCC(NC(=O)C(C)(N)CC)(C(=O)O)CC1. The Bertz CT molecular complexity index is 345. The molecule has 0 bridgehead atoms. The molecule has 0 saturated heterocycles. The maximum absolute atomic E-state index is 12.1. The topological polar surface area (TPSA) is 92.4 Å². The number of nitrogens with two attached hydrogens (primary N) is 1. The molecule has 0 aromatic heterocycles. The molecule has 110 valence electrons. The summed E-state index contributed by atoms with van der Waals surface area (Å²) in [4.78, 5) is 23.7. The zero-order valence-electron chi connectivity index (χ0n) is 12.2. The largest absolute Gasteiger partial charge is 0.480 e. The van der Waals surface area contributed by atoms with Gasteiger partial charge in [-0.3, -0.25) is 4.79 Å². The predicted molar refractivity (Wildman–Crippen MR) is 73.6 cm³/mol. The molecule has 1 saturated carbocycles. The molecule has 4 N–H and O–H groups in total. The summed E-state index contributed by atoms with van der Waals surface area (Å²) in [7, 11) is 0. The molecule has 1 fully saturated rings. The van der Waals surface area contributed by atoms with Crippen LogP contribution in [0.1, 0.15) is 59.3 Å². The number of carboxylic acid groups (broad SMARTS) is 1. The minimum atomic E-state index is -1.13. The van der Waals surface area contributed by atoms with Crippen LogP contribution in [0.15, 0.2) is 0 Å². The lowest BCUT2D eigenvalue weighted by molar-refractivity contribution is -0.150. The molecule has 1 aliphatic rings. The standard InChI is InChI=1S/C14H26N2O3/c1-4-10-6-8-14(9-7-10,12(18)19)16-11(17)13(3,15)5-2/h10H,4-9,15H2,1-3H3,(H,16,17)(H,18,19). The number of carbonyl (C=O) groups is 2. The molecule has 1 unspecified atom stereocenters. The second-order valence-corrected chi connectivity index (χ2v) is 5.96. The van der Waals surface area contributed by atoms with E-state index in [0.29, 0.717) is 25.2 Å². The van der Waals surface area contributed by atoms with Gasteiger partial charge in [0.05, 0.1) is 5.54 Å². The lowest BCUT2D eigenvalue weighted by Crippen LogP contribution is -2.62. The molecule has 0 aromatic carbocycles. The summed E-state index contributed by atoms with van der Waals surface area (Å²) in [6.45, 7) is 5.57. The third-order valence-electron chi connectivity index (χ3n) is 4.55. The zero-order valence-corrected chi connectivity index (χ0v) is 12.2. The number of carboxylic acids is 1.